The van der Waals surface area contributed by atoms with Crippen LogP contribution in [-0.2, 0) is 28.0 Å². The van der Waals surface area contributed by atoms with E-state index < -0.39 is 17.7 Å². The van der Waals surface area contributed by atoms with Crippen LogP contribution in [0, 0.1) is 0 Å². The molecule has 0 spiro atoms. The Morgan fingerprint density at radius 1 is 1.00 bits per heavy atom. The van der Waals surface area contributed by atoms with Gasteiger partial charge in [0.05, 0.1) is 23.5 Å². The van der Waals surface area contributed by atoms with E-state index >= 15 is 0 Å². The molecule has 2 rings (SSSR count). The molecule has 146 valence electrons. The molecule has 0 N–H and O–H groups in total. The van der Waals surface area contributed by atoms with Gasteiger partial charge in [-0.15, -0.1) is 0 Å². The first-order chi connectivity index (χ1) is 12.8. The largest absolute Gasteiger partial charge is 0.530 e. The molecule has 2 aromatic rings. The summed E-state index contributed by atoms with van der Waals surface area (Å²) < 4.78 is 53.9. The van der Waals surface area contributed by atoms with Crippen molar-refractivity contribution in [2.24, 2.45) is 0 Å². The summed E-state index contributed by atoms with van der Waals surface area (Å²) in [5, 5.41) is 1.36. The van der Waals surface area contributed by atoms with Crippen LogP contribution in [0.2, 0.25) is 5.02 Å². The van der Waals surface area contributed by atoms with Crippen molar-refractivity contribution in [1.82, 2.24) is 0 Å². The van der Waals surface area contributed by atoms with Crippen LogP contribution in [0.5, 0.6) is 0 Å². The van der Waals surface area contributed by atoms with Crippen LogP contribution >= 0.6 is 19.4 Å². The molecule has 0 radical (unpaired) electrons. The lowest BCUT2D eigenvalue weighted by atomic mass is 10.2. The van der Waals surface area contributed by atoms with Crippen molar-refractivity contribution >= 4 is 35.0 Å². The molecule has 0 atom stereocenters. The van der Waals surface area contributed by atoms with Crippen LogP contribution in [0.4, 0.5) is 0 Å². The lowest BCUT2D eigenvalue weighted by Crippen LogP contribution is -2.03. The fourth-order valence-electron chi connectivity index (χ4n) is 2.10. The molecule has 0 saturated carbocycles. The number of hydrogen-bond donors (Lipinski definition) is 0. The lowest BCUT2D eigenvalue weighted by Gasteiger charge is -2.19. The van der Waals surface area contributed by atoms with E-state index in [1.807, 2.05) is 0 Å². The smallest absolute Gasteiger partial charge is 0.403 e. The summed E-state index contributed by atoms with van der Waals surface area (Å²) in [4.78, 5) is 0.0720. The quantitative estimate of drug-likeness (QED) is 0.396. The summed E-state index contributed by atoms with van der Waals surface area (Å²) in [6, 6.07) is 14.1. The van der Waals surface area contributed by atoms with Gasteiger partial charge in [0.1, 0.15) is 5.76 Å². The number of sulfone groups is 1. The molecule has 0 fully saturated rings. The highest BCUT2D eigenvalue weighted by Crippen LogP contribution is 2.53. The Morgan fingerprint density at radius 3 is 2.07 bits per heavy atom. The third-order valence-corrected chi connectivity index (χ3v) is 6.52. The standard InChI is InChI=1S/C18H20ClO6PS/c1-3-23-26(20,24-4-2)25-18(15-10-12-16(19)13-11-15)14-27(21,22)17-8-6-5-7-9-17/h5-14H,3-4H2,1-2H3/b18-14+. The fourth-order valence-corrected chi connectivity index (χ4v) is 4.65. The fraction of sp³-hybridized carbons (Fsp3) is 0.222. The lowest BCUT2D eigenvalue weighted by molar-refractivity contribution is 0.159. The van der Waals surface area contributed by atoms with E-state index in [-0.39, 0.29) is 23.9 Å². The minimum absolute atomic E-state index is 0.0661. The topological polar surface area (TPSA) is 78.9 Å². The highest BCUT2D eigenvalue weighted by molar-refractivity contribution is 7.94. The van der Waals surface area contributed by atoms with E-state index in [1.54, 1.807) is 56.3 Å². The minimum atomic E-state index is -4.00. The number of hydrogen-bond acceptors (Lipinski definition) is 6. The second-order valence-electron chi connectivity index (χ2n) is 5.22. The molecule has 0 aromatic heterocycles. The van der Waals surface area contributed by atoms with Crippen molar-refractivity contribution in [3.8, 4) is 0 Å². The van der Waals surface area contributed by atoms with Crippen LogP contribution in [0.3, 0.4) is 0 Å². The molecule has 0 aliphatic rings. The zero-order chi connectivity index (χ0) is 19.9. The zero-order valence-electron chi connectivity index (χ0n) is 14.9. The predicted octanol–water partition coefficient (Wildman–Crippen LogP) is 5.31. The van der Waals surface area contributed by atoms with Gasteiger partial charge in [-0.2, -0.15) is 0 Å². The molecular weight excluding hydrogens is 411 g/mol. The highest BCUT2D eigenvalue weighted by Gasteiger charge is 2.30. The number of benzene rings is 2. The molecule has 0 unspecified atom stereocenters. The van der Waals surface area contributed by atoms with Gasteiger partial charge in [0, 0.05) is 10.6 Å². The van der Waals surface area contributed by atoms with Crippen LogP contribution in [0.1, 0.15) is 19.4 Å². The summed E-state index contributed by atoms with van der Waals surface area (Å²) in [5.74, 6) is -0.166. The molecule has 9 heteroatoms. The van der Waals surface area contributed by atoms with Gasteiger partial charge in [-0.05, 0) is 50.2 Å². The number of phosphoric ester groups is 1. The molecule has 0 aliphatic heterocycles. The van der Waals surface area contributed by atoms with E-state index in [2.05, 4.69) is 0 Å². The van der Waals surface area contributed by atoms with Crippen LogP contribution < -0.4 is 0 Å². The molecule has 0 amide bonds. The van der Waals surface area contributed by atoms with Crippen LogP contribution in [0.15, 0.2) is 64.9 Å². The van der Waals surface area contributed by atoms with E-state index in [0.29, 0.717) is 10.6 Å². The summed E-state index contributed by atoms with van der Waals surface area (Å²) in [5.41, 5.74) is 0.360. The number of phosphoric acid groups is 1. The summed E-state index contributed by atoms with van der Waals surface area (Å²) in [6.07, 6.45) is 0. The van der Waals surface area contributed by atoms with Crippen LogP contribution in [-0.4, -0.2) is 21.6 Å². The maximum atomic E-state index is 12.8. The number of rotatable bonds is 9. The molecule has 0 heterocycles. The van der Waals surface area contributed by atoms with Crippen molar-refractivity contribution < 1.29 is 26.6 Å². The molecule has 0 aliphatic carbocycles. The van der Waals surface area contributed by atoms with Gasteiger partial charge >= 0.3 is 7.82 Å². The summed E-state index contributed by atoms with van der Waals surface area (Å²) in [7, 11) is -7.87. The van der Waals surface area contributed by atoms with Gasteiger partial charge in [-0.1, -0.05) is 29.8 Å². The second-order valence-corrected chi connectivity index (χ2v) is 9.05. The first-order valence-corrected chi connectivity index (χ1v) is 11.5. The SMILES string of the molecule is CCOP(=O)(OCC)O/C(=C/S(=O)(=O)c1ccccc1)c1ccc(Cl)cc1. The van der Waals surface area contributed by atoms with E-state index in [0.717, 1.165) is 5.41 Å². The van der Waals surface area contributed by atoms with Crippen molar-refractivity contribution in [3.63, 3.8) is 0 Å². The Bertz CT molecular complexity index is 916. The number of halogens is 1. The molecule has 2 aromatic carbocycles. The van der Waals surface area contributed by atoms with Gasteiger partial charge < -0.3 is 4.52 Å². The monoisotopic (exact) mass is 430 g/mol. The van der Waals surface area contributed by atoms with Gasteiger partial charge in [0.2, 0.25) is 9.84 Å². The maximum absolute atomic E-state index is 12.8. The van der Waals surface area contributed by atoms with E-state index in [1.165, 1.54) is 12.1 Å². The van der Waals surface area contributed by atoms with Gasteiger partial charge in [0.15, 0.2) is 0 Å². The van der Waals surface area contributed by atoms with Gasteiger partial charge in [-0.25, -0.2) is 13.0 Å². The first kappa shape index (κ1) is 21.7. The van der Waals surface area contributed by atoms with Crippen molar-refractivity contribution in [3.05, 3.63) is 70.6 Å². The molecular formula is C18H20ClO6PS. The molecule has 6 nitrogen and oxygen atoms in total. The molecule has 0 bridgehead atoms. The Kier molecular flexibility index (Phi) is 7.65. The Balaban J connectivity index is 2.53. The van der Waals surface area contributed by atoms with E-state index in [4.69, 9.17) is 25.2 Å². The van der Waals surface area contributed by atoms with Crippen molar-refractivity contribution in [2.75, 3.05) is 13.2 Å². The normalized spacial score (nSPS) is 12.8. The van der Waals surface area contributed by atoms with Crippen molar-refractivity contribution in [2.45, 2.75) is 18.7 Å². The molecule has 0 saturated heterocycles. The predicted molar refractivity (Wildman–Crippen MR) is 105 cm³/mol. The van der Waals surface area contributed by atoms with Gasteiger partial charge in [0.25, 0.3) is 0 Å². The Labute approximate surface area is 164 Å². The van der Waals surface area contributed by atoms with Crippen molar-refractivity contribution in [1.29, 1.82) is 0 Å². The second kappa shape index (κ2) is 9.53. The summed E-state index contributed by atoms with van der Waals surface area (Å²) in [6.45, 7) is 3.38. The maximum Gasteiger partial charge on any atom is 0.530 e. The third-order valence-electron chi connectivity index (χ3n) is 3.25. The molecule has 27 heavy (non-hydrogen) atoms. The third kappa shape index (κ3) is 6.19. The summed E-state index contributed by atoms with van der Waals surface area (Å²) >= 11 is 5.90. The minimum Gasteiger partial charge on any atom is -0.403 e. The average Bonchev–Trinajstić information content (AvgIpc) is 2.63. The Morgan fingerprint density at radius 2 is 1.56 bits per heavy atom. The highest BCUT2D eigenvalue weighted by atomic mass is 35.5. The first-order valence-electron chi connectivity index (χ1n) is 8.16. The van der Waals surface area contributed by atoms with Gasteiger partial charge in [-0.3, -0.25) is 9.05 Å². The van der Waals surface area contributed by atoms with Crippen LogP contribution in [0.25, 0.3) is 5.76 Å². The average molecular weight is 431 g/mol. The van der Waals surface area contributed by atoms with E-state index in [9.17, 15) is 13.0 Å². The zero-order valence-corrected chi connectivity index (χ0v) is 17.3. The Hall–Kier alpha value is -1.63.